The average molecular weight is 328 g/mol. The predicted molar refractivity (Wildman–Crippen MR) is 86.4 cm³/mol. The van der Waals surface area contributed by atoms with Crippen molar-refractivity contribution in [2.45, 2.75) is 12.5 Å². The van der Waals surface area contributed by atoms with E-state index < -0.39 is 11.6 Å². The summed E-state index contributed by atoms with van der Waals surface area (Å²) in [4.78, 5) is 14.0. The second-order valence-electron chi connectivity index (χ2n) is 5.67. The number of anilines is 1. The van der Waals surface area contributed by atoms with Crippen LogP contribution in [0.25, 0.3) is 0 Å². The molecule has 0 radical (unpaired) electrons. The first-order valence-corrected chi connectivity index (χ1v) is 7.66. The van der Waals surface area contributed by atoms with Gasteiger partial charge < -0.3 is 20.5 Å². The molecule has 1 aromatic rings. The zero-order valence-corrected chi connectivity index (χ0v) is 13.4. The number of hydrogen-bond acceptors (Lipinski definition) is 4. The number of nitrogens with one attached hydrogen (secondary N) is 2. The number of aliphatic hydroxyl groups is 1. The van der Waals surface area contributed by atoms with E-state index in [1.807, 2.05) is 0 Å². The van der Waals surface area contributed by atoms with E-state index in [2.05, 4.69) is 15.5 Å². The summed E-state index contributed by atoms with van der Waals surface area (Å²) in [5.74, 6) is 0. The summed E-state index contributed by atoms with van der Waals surface area (Å²) in [5, 5.41) is 16.2. The lowest BCUT2D eigenvalue weighted by atomic mass is 10.1. The van der Waals surface area contributed by atoms with E-state index in [1.54, 1.807) is 31.2 Å². The van der Waals surface area contributed by atoms with Gasteiger partial charge in [0.05, 0.1) is 29.5 Å². The Hall–Kier alpha value is -1.34. The molecule has 1 atom stereocenters. The molecule has 0 spiro atoms. The number of ether oxygens (including phenoxy) is 1. The van der Waals surface area contributed by atoms with Crippen LogP contribution >= 0.6 is 11.6 Å². The Bertz CT molecular complexity index is 505. The molecule has 0 saturated carbocycles. The minimum atomic E-state index is -1.00. The molecule has 122 valence electrons. The maximum atomic E-state index is 11.9. The number of carbonyl (C=O) groups is 1. The molecule has 0 aromatic heterocycles. The number of rotatable bonds is 5. The van der Waals surface area contributed by atoms with Gasteiger partial charge in [-0.1, -0.05) is 23.7 Å². The molecule has 2 rings (SSSR count). The molecule has 22 heavy (non-hydrogen) atoms. The van der Waals surface area contributed by atoms with Crippen LogP contribution in [-0.4, -0.2) is 61.0 Å². The number of halogens is 1. The van der Waals surface area contributed by atoms with Gasteiger partial charge in [0.1, 0.15) is 0 Å². The Morgan fingerprint density at radius 1 is 1.41 bits per heavy atom. The van der Waals surface area contributed by atoms with Gasteiger partial charge in [0.15, 0.2) is 0 Å². The fourth-order valence-electron chi connectivity index (χ4n) is 2.30. The number of carbonyl (C=O) groups excluding carboxylic acids is 1. The van der Waals surface area contributed by atoms with Gasteiger partial charge in [-0.15, -0.1) is 0 Å². The van der Waals surface area contributed by atoms with Gasteiger partial charge in [0, 0.05) is 26.2 Å². The third-order valence-corrected chi connectivity index (χ3v) is 3.75. The van der Waals surface area contributed by atoms with Crippen molar-refractivity contribution in [3.05, 3.63) is 29.3 Å². The van der Waals surface area contributed by atoms with E-state index in [-0.39, 0.29) is 6.54 Å². The summed E-state index contributed by atoms with van der Waals surface area (Å²) in [5.41, 5.74) is -0.468. The second-order valence-corrected chi connectivity index (χ2v) is 6.08. The zero-order chi connectivity index (χ0) is 16.0. The van der Waals surface area contributed by atoms with E-state index in [1.165, 1.54) is 0 Å². The SMILES string of the molecule is C[C@@](O)(CNC(=O)Nc1ccccc1Cl)CN1CCOCC1. The van der Waals surface area contributed by atoms with Gasteiger partial charge >= 0.3 is 6.03 Å². The van der Waals surface area contributed by atoms with Gasteiger partial charge in [-0.2, -0.15) is 0 Å². The first kappa shape index (κ1) is 17.0. The third kappa shape index (κ3) is 5.46. The molecule has 0 bridgehead atoms. The minimum absolute atomic E-state index is 0.153. The van der Waals surface area contributed by atoms with E-state index in [4.69, 9.17) is 16.3 Å². The van der Waals surface area contributed by atoms with Crippen molar-refractivity contribution in [1.29, 1.82) is 0 Å². The standard InChI is InChI=1S/C15H22ClN3O3/c1-15(21,11-19-6-8-22-9-7-19)10-17-14(20)18-13-5-3-2-4-12(13)16/h2-5,21H,6-11H2,1H3,(H2,17,18,20)/t15-/m1/s1. The maximum Gasteiger partial charge on any atom is 0.319 e. The quantitative estimate of drug-likeness (QED) is 0.767. The molecule has 1 aliphatic heterocycles. The lowest BCUT2D eigenvalue weighted by Gasteiger charge is -2.33. The molecule has 7 heteroatoms. The Morgan fingerprint density at radius 2 is 2.09 bits per heavy atom. The van der Waals surface area contributed by atoms with E-state index in [9.17, 15) is 9.90 Å². The van der Waals surface area contributed by atoms with Crippen molar-refractivity contribution in [3.63, 3.8) is 0 Å². The lowest BCUT2D eigenvalue weighted by Crippen LogP contribution is -2.51. The molecule has 6 nitrogen and oxygen atoms in total. The highest BCUT2D eigenvalue weighted by Crippen LogP contribution is 2.20. The van der Waals surface area contributed by atoms with Crippen LogP contribution in [-0.2, 0) is 4.74 Å². The topological polar surface area (TPSA) is 73.8 Å². The third-order valence-electron chi connectivity index (χ3n) is 3.42. The Kier molecular flexibility index (Phi) is 6.02. The number of hydrogen-bond donors (Lipinski definition) is 3. The Morgan fingerprint density at radius 3 is 2.77 bits per heavy atom. The monoisotopic (exact) mass is 327 g/mol. The second kappa shape index (κ2) is 7.78. The highest BCUT2D eigenvalue weighted by Gasteiger charge is 2.25. The van der Waals surface area contributed by atoms with Crippen LogP contribution in [0.5, 0.6) is 0 Å². The molecule has 0 aliphatic carbocycles. The van der Waals surface area contributed by atoms with Crippen LogP contribution in [0.15, 0.2) is 24.3 Å². The summed E-state index contributed by atoms with van der Waals surface area (Å²) >= 11 is 5.98. The number of morpholine rings is 1. The van der Waals surface area contributed by atoms with Crippen molar-refractivity contribution in [2.24, 2.45) is 0 Å². The van der Waals surface area contributed by atoms with Gasteiger partial charge in [-0.3, -0.25) is 4.90 Å². The smallest absolute Gasteiger partial charge is 0.319 e. The molecule has 1 fully saturated rings. The number of benzene rings is 1. The molecule has 3 N–H and O–H groups in total. The molecule has 1 heterocycles. The van der Waals surface area contributed by atoms with E-state index >= 15 is 0 Å². The largest absolute Gasteiger partial charge is 0.387 e. The van der Waals surface area contributed by atoms with Crippen LogP contribution in [0.3, 0.4) is 0 Å². The fourth-order valence-corrected chi connectivity index (χ4v) is 2.48. The lowest BCUT2D eigenvalue weighted by molar-refractivity contribution is -0.0205. The molecule has 1 aromatic carbocycles. The van der Waals surface area contributed by atoms with Gasteiger partial charge in [-0.05, 0) is 19.1 Å². The Labute approximate surface area is 135 Å². The summed E-state index contributed by atoms with van der Waals surface area (Å²) < 4.78 is 5.27. The summed E-state index contributed by atoms with van der Waals surface area (Å²) in [6.45, 7) is 5.29. The highest BCUT2D eigenvalue weighted by molar-refractivity contribution is 6.33. The van der Waals surface area contributed by atoms with Crippen LogP contribution in [0.2, 0.25) is 5.02 Å². The molecule has 0 unspecified atom stereocenters. The van der Waals surface area contributed by atoms with Crippen molar-refractivity contribution >= 4 is 23.3 Å². The van der Waals surface area contributed by atoms with Crippen molar-refractivity contribution in [1.82, 2.24) is 10.2 Å². The average Bonchev–Trinajstić information content (AvgIpc) is 2.48. The van der Waals surface area contributed by atoms with Gasteiger partial charge in [0.2, 0.25) is 0 Å². The Balaban J connectivity index is 1.78. The normalized spacial score (nSPS) is 18.5. The zero-order valence-electron chi connectivity index (χ0n) is 12.6. The number of β-amino-alcohol motifs (C(OH)–C–C–N with tert-alkyl or cyclic N) is 1. The number of nitrogens with zero attached hydrogens (tertiary/aromatic N) is 1. The molecule has 1 saturated heterocycles. The molecule has 2 amide bonds. The molecular weight excluding hydrogens is 306 g/mol. The van der Waals surface area contributed by atoms with Crippen LogP contribution in [0.1, 0.15) is 6.92 Å². The summed E-state index contributed by atoms with van der Waals surface area (Å²) in [7, 11) is 0. The first-order valence-electron chi connectivity index (χ1n) is 7.28. The highest BCUT2D eigenvalue weighted by atomic mass is 35.5. The number of amides is 2. The van der Waals surface area contributed by atoms with Crippen molar-refractivity contribution in [2.75, 3.05) is 44.7 Å². The van der Waals surface area contributed by atoms with E-state index in [0.29, 0.717) is 30.5 Å². The van der Waals surface area contributed by atoms with Crippen LogP contribution in [0, 0.1) is 0 Å². The maximum absolute atomic E-state index is 11.9. The molecule has 1 aliphatic rings. The van der Waals surface area contributed by atoms with Crippen molar-refractivity contribution in [3.8, 4) is 0 Å². The predicted octanol–water partition coefficient (Wildman–Crippen LogP) is 1.54. The van der Waals surface area contributed by atoms with E-state index in [0.717, 1.165) is 13.1 Å². The fraction of sp³-hybridized carbons (Fsp3) is 0.533. The summed E-state index contributed by atoms with van der Waals surface area (Å²) in [6, 6.07) is 6.60. The summed E-state index contributed by atoms with van der Waals surface area (Å²) in [6.07, 6.45) is 0. The number of para-hydroxylation sites is 1. The molecular formula is C15H22ClN3O3. The van der Waals surface area contributed by atoms with Gasteiger partial charge in [-0.25, -0.2) is 4.79 Å². The number of urea groups is 1. The first-order chi connectivity index (χ1) is 10.5. The van der Waals surface area contributed by atoms with Crippen LogP contribution < -0.4 is 10.6 Å². The minimum Gasteiger partial charge on any atom is -0.387 e. The van der Waals surface area contributed by atoms with Gasteiger partial charge in [0.25, 0.3) is 0 Å². The van der Waals surface area contributed by atoms with Crippen LogP contribution in [0.4, 0.5) is 10.5 Å². The van der Waals surface area contributed by atoms with Crippen molar-refractivity contribution < 1.29 is 14.6 Å².